The lowest BCUT2D eigenvalue weighted by Crippen LogP contribution is -2.17. The summed E-state index contributed by atoms with van der Waals surface area (Å²) in [6.45, 7) is 0. The number of nitrogens with two attached hydrogens (primary N) is 1. The van der Waals surface area contributed by atoms with E-state index < -0.39 is 10.0 Å². The SMILES string of the molecule is NS(=O)(=O)c1ccc(OC2c3ccccc3CC2CC2=CCC[C@@H](C=C3CCCCC3)C2)cc1. The molecular formula is C29H35NO3S. The Morgan fingerprint density at radius 3 is 2.50 bits per heavy atom. The van der Waals surface area contributed by atoms with Gasteiger partial charge in [-0.3, -0.25) is 0 Å². The Balaban J connectivity index is 1.31. The minimum absolute atomic E-state index is 0.0329. The van der Waals surface area contributed by atoms with Crippen LogP contribution in [0.1, 0.15) is 75.0 Å². The predicted octanol–water partition coefficient (Wildman–Crippen LogP) is 6.63. The summed E-state index contributed by atoms with van der Waals surface area (Å²) in [5, 5.41) is 5.25. The molecule has 4 nitrogen and oxygen atoms in total. The molecule has 3 atom stereocenters. The average Bonchev–Trinajstić information content (AvgIpc) is 3.16. The van der Waals surface area contributed by atoms with Gasteiger partial charge in [-0.2, -0.15) is 0 Å². The monoisotopic (exact) mass is 477 g/mol. The van der Waals surface area contributed by atoms with Gasteiger partial charge in [-0.25, -0.2) is 13.6 Å². The van der Waals surface area contributed by atoms with Crippen LogP contribution in [0, 0.1) is 11.8 Å². The van der Waals surface area contributed by atoms with Crippen LogP contribution in [0.5, 0.6) is 5.75 Å². The minimum Gasteiger partial charge on any atom is -0.485 e. The maximum atomic E-state index is 11.6. The summed E-state index contributed by atoms with van der Waals surface area (Å²) in [5.74, 6) is 1.74. The summed E-state index contributed by atoms with van der Waals surface area (Å²) < 4.78 is 29.7. The first kappa shape index (κ1) is 23.4. The van der Waals surface area contributed by atoms with E-state index in [0.29, 0.717) is 17.6 Å². The van der Waals surface area contributed by atoms with Crippen LogP contribution in [0.3, 0.4) is 0 Å². The smallest absolute Gasteiger partial charge is 0.238 e. The molecule has 0 bridgehead atoms. The summed E-state index contributed by atoms with van der Waals surface area (Å²) in [4.78, 5) is 0.105. The van der Waals surface area contributed by atoms with Crippen LogP contribution in [0.4, 0.5) is 0 Å². The number of fused-ring (bicyclic) bond motifs is 1. The van der Waals surface area contributed by atoms with E-state index in [0.717, 1.165) is 12.8 Å². The summed E-state index contributed by atoms with van der Waals surface area (Å²) >= 11 is 0. The Labute approximate surface area is 204 Å². The number of ether oxygens (including phenoxy) is 1. The first-order valence-electron chi connectivity index (χ1n) is 12.7. The minimum atomic E-state index is -3.71. The molecule has 2 aromatic rings. The van der Waals surface area contributed by atoms with Crippen molar-refractivity contribution in [2.75, 3.05) is 0 Å². The van der Waals surface area contributed by atoms with Crippen LogP contribution >= 0.6 is 0 Å². The molecule has 2 N–H and O–H groups in total. The van der Waals surface area contributed by atoms with Crippen LogP contribution < -0.4 is 9.88 Å². The molecule has 0 heterocycles. The Morgan fingerprint density at radius 2 is 1.74 bits per heavy atom. The van der Waals surface area contributed by atoms with Gasteiger partial charge < -0.3 is 4.74 Å². The van der Waals surface area contributed by atoms with E-state index in [9.17, 15) is 8.42 Å². The fraction of sp³-hybridized carbons (Fsp3) is 0.448. The molecule has 3 aliphatic rings. The largest absolute Gasteiger partial charge is 0.485 e. The maximum Gasteiger partial charge on any atom is 0.238 e. The quantitative estimate of drug-likeness (QED) is 0.475. The van der Waals surface area contributed by atoms with E-state index in [1.807, 2.05) is 0 Å². The molecule has 0 spiro atoms. The van der Waals surface area contributed by atoms with Crippen LogP contribution in [0.15, 0.2) is 76.7 Å². The van der Waals surface area contributed by atoms with Crippen LogP contribution in [-0.4, -0.2) is 8.42 Å². The molecule has 2 aromatic carbocycles. The molecule has 2 unspecified atom stereocenters. The number of hydrogen-bond acceptors (Lipinski definition) is 3. The second-order valence-corrected chi connectivity index (χ2v) is 11.8. The molecule has 1 fully saturated rings. The highest BCUT2D eigenvalue weighted by Gasteiger charge is 2.35. The Bertz CT molecular complexity index is 1170. The molecule has 3 aliphatic carbocycles. The zero-order valence-electron chi connectivity index (χ0n) is 19.8. The van der Waals surface area contributed by atoms with Crippen molar-refractivity contribution < 1.29 is 13.2 Å². The van der Waals surface area contributed by atoms with Crippen molar-refractivity contribution in [3.05, 3.63) is 83.0 Å². The third-order valence-electron chi connectivity index (χ3n) is 7.67. The molecule has 0 aromatic heterocycles. The van der Waals surface area contributed by atoms with E-state index in [1.165, 1.54) is 74.6 Å². The van der Waals surface area contributed by atoms with Crippen molar-refractivity contribution in [2.45, 2.75) is 75.2 Å². The first-order valence-corrected chi connectivity index (χ1v) is 14.2. The van der Waals surface area contributed by atoms with Gasteiger partial charge in [0.2, 0.25) is 10.0 Å². The molecule has 0 radical (unpaired) electrons. The van der Waals surface area contributed by atoms with E-state index in [4.69, 9.17) is 9.88 Å². The standard InChI is InChI=1S/C29H35NO3S/c30-34(31,32)27-15-13-26(14-16-27)33-29-25(20-24-11-4-5-12-28(24)29)19-23-10-6-9-22(18-23)17-21-7-2-1-3-8-21/h4-5,10-17,22,25,29H,1-3,6-9,18-20H2,(H2,30,31,32)/t22-,25?,29?/m0/s1. The van der Waals surface area contributed by atoms with Gasteiger partial charge in [0.25, 0.3) is 0 Å². The van der Waals surface area contributed by atoms with Crippen LogP contribution in [0.2, 0.25) is 0 Å². The Kier molecular flexibility index (Phi) is 6.94. The number of allylic oxidation sites excluding steroid dienone is 4. The first-order chi connectivity index (χ1) is 16.5. The van der Waals surface area contributed by atoms with E-state index >= 15 is 0 Å². The van der Waals surface area contributed by atoms with Crippen molar-refractivity contribution in [3.63, 3.8) is 0 Å². The number of hydrogen-bond donors (Lipinski definition) is 1. The molecule has 0 aliphatic heterocycles. The zero-order valence-corrected chi connectivity index (χ0v) is 20.6. The van der Waals surface area contributed by atoms with Crippen molar-refractivity contribution in [1.82, 2.24) is 0 Å². The van der Waals surface area contributed by atoms with Gasteiger partial charge in [0.05, 0.1) is 4.90 Å². The van der Waals surface area contributed by atoms with Crippen molar-refractivity contribution in [2.24, 2.45) is 17.0 Å². The number of benzene rings is 2. The molecule has 180 valence electrons. The summed E-state index contributed by atoms with van der Waals surface area (Å²) in [6, 6.07) is 15.0. The number of rotatable bonds is 6. The number of sulfonamides is 1. The highest BCUT2D eigenvalue weighted by molar-refractivity contribution is 7.89. The van der Waals surface area contributed by atoms with Crippen LogP contribution in [-0.2, 0) is 16.4 Å². The lowest BCUT2D eigenvalue weighted by molar-refractivity contribution is 0.148. The second kappa shape index (κ2) is 10.1. The lowest BCUT2D eigenvalue weighted by atomic mass is 9.81. The van der Waals surface area contributed by atoms with E-state index in [-0.39, 0.29) is 11.0 Å². The van der Waals surface area contributed by atoms with Gasteiger partial charge in [-0.05, 0) is 99.1 Å². The highest BCUT2D eigenvalue weighted by atomic mass is 32.2. The lowest BCUT2D eigenvalue weighted by Gasteiger charge is -2.27. The average molecular weight is 478 g/mol. The fourth-order valence-corrected chi connectivity index (χ4v) is 6.53. The Morgan fingerprint density at radius 1 is 0.971 bits per heavy atom. The van der Waals surface area contributed by atoms with E-state index in [1.54, 1.807) is 23.3 Å². The summed E-state index contributed by atoms with van der Waals surface area (Å²) in [6.07, 6.45) is 17.4. The normalized spacial score (nSPS) is 24.9. The Hall–Kier alpha value is -2.37. The maximum absolute atomic E-state index is 11.6. The molecule has 0 amide bonds. The van der Waals surface area contributed by atoms with E-state index in [2.05, 4.69) is 36.4 Å². The second-order valence-electron chi connectivity index (χ2n) is 10.2. The summed E-state index contributed by atoms with van der Waals surface area (Å²) in [5.41, 5.74) is 5.87. The highest BCUT2D eigenvalue weighted by Crippen LogP contribution is 2.44. The van der Waals surface area contributed by atoms with Crippen molar-refractivity contribution in [1.29, 1.82) is 0 Å². The predicted molar refractivity (Wildman–Crippen MR) is 136 cm³/mol. The van der Waals surface area contributed by atoms with Crippen molar-refractivity contribution >= 4 is 10.0 Å². The molecule has 5 rings (SSSR count). The molecular weight excluding hydrogens is 442 g/mol. The van der Waals surface area contributed by atoms with Gasteiger partial charge in [-0.15, -0.1) is 0 Å². The molecule has 0 saturated heterocycles. The van der Waals surface area contributed by atoms with Gasteiger partial charge in [0, 0.05) is 5.92 Å². The van der Waals surface area contributed by atoms with Gasteiger partial charge in [0.1, 0.15) is 11.9 Å². The number of primary sulfonamides is 1. The topological polar surface area (TPSA) is 69.4 Å². The van der Waals surface area contributed by atoms with Crippen LogP contribution in [0.25, 0.3) is 0 Å². The molecule has 34 heavy (non-hydrogen) atoms. The molecule has 5 heteroatoms. The molecule has 1 saturated carbocycles. The van der Waals surface area contributed by atoms with Gasteiger partial charge in [-0.1, -0.05) is 54.0 Å². The fourth-order valence-electron chi connectivity index (χ4n) is 6.01. The van der Waals surface area contributed by atoms with Crippen molar-refractivity contribution in [3.8, 4) is 5.75 Å². The third-order valence-corrected chi connectivity index (χ3v) is 8.60. The summed E-state index contributed by atoms with van der Waals surface area (Å²) in [7, 11) is -3.71. The third kappa shape index (κ3) is 5.47. The van der Waals surface area contributed by atoms with Gasteiger partial charge >= 0.3 is 0 Å². The zero-order chi connectivity index (χ0) is 23.5. The van der Waals surface area contributed by atoms with Gasteiger partial charge in [0.15, 0.2) is 0 Å².